The van der Waals surface area contributed by atoms with Crippen molar-refractivity contribution in [1.29, 1.82) is 0 Å². The first-order valence-electron chi connectivity index (χ1n) is 30.7. The van der Waals surface area contributed by atoms with Crippen molar-refractivity contribution in [3.8, 4) is 23.0 Å². The lowest BCUT2D eigenvalue weighted by atomic mass is 9.87. The summed E-state index contributed by atoms with van der Waals surface area (Å²) in [6, 6.07) is 18.7. The molecular weight excluding hydrogens is 1160 g/mol. The van der Waals surface area contributed by atoms with Crippen LogP contribution in [0.15, 0.2) is 91.0 Å². The van der Waals surface area contributed by atoms with E-state index >= 15 is 4.79 Å². The van der Waals surface area contributed by atoms with Crippen LogP contribution in [-0.4, -0.2) is 184 Å². The zero-order valence-corrected chi connectivity index (χ0v) is 54.2. The maximum absolute atomic E-state index is 15.1. The maximum Gasteiger partial charge on any atom is 0.330 e. The first kappa shape index (κ1) is 70.6. The van der Waals surface area contributed by atoms with Gasteiger partial charge in [-0.3, -0.25) is 33.6 Å². The predicted octanol–water partition coefficient (Wildman–Crippen LogP) is 6.90. The number of likely N-dealkylation sites (N-methyl/N-ethyl adjacent to an activating group) is 3. The second-order valence-electron chi connectivity index (χ2n) is 24.4. The molecule has 1 saturated heterocycles. The second kappa shape index (κ2) is 32.8. The van der Waals surface area contributed by atoms with Gasteiger partial charge in [-0.15, -0.1) is 0 Å². The Bertz CT molecular complexity index is 3230. The molecule has 0 saturated carbocycles. The number of unbranched alkanes of at least 4 members (excludes halogenated alkanes) is 1. The van der Waals surface area contributed by atoms with Crippen LogP contribution in [0.3, 0.4) is 0 Å². The van der Waals surface area contributed by atoms with Crippen molar-refractivity contribution >= 4 is 63.9 Å². The van der Waals surface area contributed by atoms with E-state index in [0.717, 1.165) is 16.8 Å². The molecule has 22 heteroatoms. The smallest absolute Gasteiger partial charge is 0.330 e. The number of carbonyl (C=O) groups excluding carboxylic acids is 9. The highest BCUT2D eigenvalue weighted by Gasteiger charge is 2.43. The minimum Gasteiger partial charge on any atom is -0.497 e. The van der Waals surface area contributed by atoms with Gasteiger partial charge in [0.2, 0.25) is 29.4 Å². The fourth-order valence-electron chi connectivity index (χ4n) is 10.6. The molecule has 4 aromatic carbocycles. The largest absolute Gasteiger partial charge is 0.497 e. The van der Waals surface area contributed by atoms with Crippen molar-refractivity contribution in [1.82, 2.24) is 30.2 Å². The van der Waals surface area contributed by atoms with Gasteiger partial charge in [0, 0.05) is 58.4 Å². The van der Waals surface area contributed by atoms with Gasteiger partial charge < -0.3 is 63.4 Å². The summed E-state index contributed by atoms with van der Waals surface area (Å²) < 4.78 is 41.1. The summed E-state index contributed by atoms with van der Waals surface area (Å²) in [5.41, 5.74) is -0.440. The Morgan fingerprint density at radius 1 is 0.744 bits per heavy atom. The van der Waals surface area contributed by atoms with Crippen LogP contribution in [0.4, 0.5) is 0 Å². The molecule has 0 aromatic heterocycles. The maximum atomic E-state index is 15.1. The number of Topliss-reactive ketones (excluding diaryl/α,β-unsaturated/α-hetero) is 1. The summed E-state index contributed by atoms with van der Waals surface area (Å²) in [5, 5.41) is 7.49. The highest BCUT2D eigenvalue weighted by atomic mass is 16.5. The summed E-state index contributed by atoms with van der Waals surface area (Å²) in [4.78, 5) is 133. The molecule has 6 rings (SSSR count). The number of amides is 6. The normalized spacial score (nSPS) is 21.7. The van der Waals surface area contributed by atoms with Crippen LogP contribution in [0.5, 0.6) is 23.0 Å². The van der Waals surface area contributed by atoms with E-state index in [1.807, 2.05) is 49.4 Å². The lowest BCUT2D eigenvalue weighted by molar-refractivity contribution is -0.165. The number of benzene rings is 4. The fraction of sp³-hybridized carbons (Fsp3) is 0.515. The van der Waals surface area contributed by atoms with Gasteiger partial charge in [-0.1, -0.05) is 80.4 Å². The van der Waals surface area contributed by atoms with Crippen LogP contribution in [-0.2, 0) is 70.2 Å². The standard InChI is InChI=1S/C68H90N6O16/c1-13-14-26-52-63(80)70-51(36-44-29-30-45-22-15-16-23-46(45)35-44)64(81)73(9)54(41-89-67(2,3)4)62(79)69-40-57(75)71(7)33-19-18-28-59(77)88-43-68(5,6)61(78)65(82)74-34-20-17-27-53(74)66(83)90-55(47-24-21-25-49(37-47)87-42-58(76)72(52)8)32-31-48-38-50(84-10)39-56(85-11)60(48)86-12/h15-16,18,21-25,28-30,35,37-39,51-55H,13-14,17,19-20,26-27,31-34,36,40-43H2,1-12H3,(H,69,79)(H,70,80)/b28-18+/t51-,52-,53-,54-,55+/m0/s1. The molecule has 0 radical (unpaired) electrons. The fourth-order valence-corrected chi connectivity index (χ4v) is 10.6. The molecule has 0 aliphatic carbocycles. The Kier molecular flexibility index (Phi) is 25.7. The van der Waals surface area contributed by atoms with Crippen molar-refractivity contribution in [2.24, 2.45) is 5.41 Å². The van der Waals surface area contributed by atoms with Crippen LogP contribution in [0, 0.1) is 5.41 Å². The Labute approximate surface area is 528 Å². The highest BCUT2D eigenvalue weighted by Crippen LogP contribution is 2.38. The van der Waals surface area contributed by atoms with Crippen LogP contribution >= 0.6 is 0 Å². The molecule has 2 N–H and O–H groups in total. The van der Waals surface area contributed by atoms with Gasteiger partial charge in [0.1, 0.15) is 48.4 Å². The summed E-state index contributed by atoms with van der Waals surface area (Å²) in [6.07, 6.45) is 4.89. The number of aryl methyl sites for hydroxylation is 1. The lowest BCUT2D eigenvalue weighted by Gasteiger charge is -2.36. The van der Waals surface area contributed by atoms with Crippen molar-refractivity contribution < 1.29 is 76.3 Å². The number of fused-ring (bicyclic) bond motifs is 4. The van der Waals surface area contributed by atoms with Gasteiger partial charge in [-0.2, -0.15) is 0 Å². The van der Waals surface area contributed by atoms with E-state index in [-0.39, 0.29) is 64.0 Å². The number of esters is 2. The van der Waals surface area contributed by atoms with Crippen molar-refractivity contribution in [3.05, 3.63) is 108 Å². The molecule has 2 bridgehead atoms. The molecule has 0 spiro atoms. The molecule has 2 aliphatic rings. The molecule has 488 valence electrons. The van der Waals surface area contributed by atoms with Crippen LogP contribution in [0.25, 0.3) is 10.8 Å². The molecule has 22 nitrogen and oxygen atoms in total. The number of hydrogen-bond acceptors (Lipinski definition) is 16. The number of cyclic esters (lactones) is 2. The summed E-state index contributed by atoms with van der Waals surface area (Å²) >= 11 is 0. The third-order valence-corrected chi connectivity index (χ3v) is 16.1. The quantitative estimate of drug-likeness (QED) is 0.102. The topological polar surface area (TPSA) is 255 Å². The van der Waals surface area contributed by atoms with Gasteiger partial charge in [-0.25, -0.2) is 9.59 Å². The number of nitrogens with zero attached hydrogens (tertiary/aromatic N) is 4. The minimum absolute atomic E-state index is 0.00639. The monoisotopic (exact) mass is 1250 g/mol. The van der Waals surface area contributed by atoms with E-state index in [1.165, 1.54) is 82.0 Å². The van der Waals surface area contributed by atoms with E-state index in [2.05, 4.69) is 10.6 Å². The zero-order valence-electron chi connectivity index (χ0n) is 54.2. The molecule has 1 fully saturated rings. The van der Waals surface area contributed by atoms with Crippen LogP contribution < -0.4 is 29.6 Å². The number of ketones is 1. The summed E-state index contributed by atoms with van der Waals surface area (Å²) in [5.74, 6) is -4.86. The van der Waals surface area contributed by atoms with Gasteiger partial charge in [0.25, 0.3) is 11.8 Å². The molecule has 2 aliphatic heterocycles. The van der Waals surface area contributed by atoms with Crippen LogP contribution in [0.2, 0.25) is 0 Å². The van der Waals surface area contributed by atoms with Gasteiger partial charge >= 0.3 is 11.9 Å². The van der Waals surface area contributed by atoms with E-state index in [4.69, 9.17) is 33.2 Å². The molecule has 4 aromatic rings. The Hall–Kier alpha value is -8.53. The Morgan fingerprint density at radius 2 is 1.49 bits per heavy atom. The third-order valence-electron chi connectivity index (χ3n) is 16.1. The summed E-state index contributed by atoms with van der Waals surface area (Å²) in [6.45, 7) is 8.72. The molecule has 6 amide bonds. The number of methoxy groups -OCH3 is 3. The first-order valence-corrected chi connectivity index (χ1v) is 30.7. The molecule has 2 heterocycles. The zero-order chi connectivity index (χ0) is 65.9. The van der Waals surface area contributed by atoms with Gasteiger partial charge in [0.05, 0.1) is 45.5 Å². The number of rotatable bonds is 13. The van der Waals surface area contributed by atoms with E-state index in [9.17, 15) is 38.4 Å². The summed E-state index contributed by atoms with van der Waals surface area (Å²) in [7, 11) is 8.96. The molecule has 5 atom stereocenters. The number of carbonyl (C=O) groups is 9. The highest BCUT2D eigenvalue weighted by molar-refractivity contribution is 6.38. The minimum atomic E-state index is -1.51. The van der Waals surface area contributed by atoms with Crippen LogP contribution in [0.1, 0.15) is 116 Å². The number of ether oxygens (including phenoxy) is 7. The van der Waals surface area contributed by atoms with Gasteiger partial charge in [-0.05, 0) is 120 Å². The SMILES string of the molecule is CCCC[C@H]1C(=O)N[C@@H](Cc2ccc3ccccc3c2)C(=O)N(C)[C@@H](COC(C)(C)C)C(=O)NCC(=O)N(C)CC/C=C/C(=O)OCC(C)(C)C(=O)C(=O)N2CCCC[C@H]2C(=O)O[C@H](CCc2cc(OC)cc(OC)c2OC)c2cccc(c2)OCC(=O)N1C. The van der Waals surface area contributed by atoms with E-state index < -0.39 is 114 Å². The Morgan fingerprint density at radius 3 is 2.19 bits per heavy atom. The van der Waals surface area contributed by atoms with E-state index in [0.29, 0.717) is 59.6 Å². The number of piperidine rings is 1. The Balaban J connectivity index is 1.37. The van der Waals surface area contributed by atoms with Crippen molar-refractivity contribution in [3.63, 3.8) is 0 Å². The van der Waals surface area contributed by atoms with Crippen molar-refractivity contribution in [2.75, 3.05) is 81.9 Å². The number of nitrogens with one attached hydrogen (secondary N) is 2. The average molecular weight is 1250 g/mol. The number of hydrogen-bond donors (Lipinski definition) is 2. The second-order valence-corrected chi connectivity index (χ2v) is 24.4. The van der Waals surface area contributed by atoms with Gasteiger partial charge in [0.15, 0.2) is 18.1 Å². The van der Waals surface area contributed by atoms with Crippen molar-refractivity contribution in [2.45, 2.75) is 142 Å². The molecule has 0 unspecified atom stereocenters. The molecule has 90 heavy (non-hydrogen) atoms. The third kappa shape index (κ3) is 19.5. The predicted molar refractivity (Wildman–Crippen MR) is 337 cm³/mol. The average Bonchev–Trinajstić information content (AvgIpc) is 1.01. The lowest BCUT2D eigenvalue weighted by Crippen LogP contribution is -2.59. The first-order chi connectivity index (χ1) is 42.8. The molecular formula is C68H90N6O16. The van der Waals surface area contributed by atoms with E-state index in [1.54, 1.807) is 57.2 Å².